The predicted octanol–water partition coefficient (Wildman–Crippen LogP) is 2.03. The third-order valence-electron chi connectivity index (χ3n) is 2.81. The minimum Gasteiger partial charge on any atom is -0.316 e. The normalized spacial score (nSPS) is 26.1. The molecule has 0 aromatic heterocycles. The fourth-order valence-corrected chi connectivity index (χ4v) is 2.03. The van der Waals surface area contributed by atoms with Crippen molar-refractivity contribution in [2.45, 2.75) is 33.1 Å². The van der Waals surface area contributed by atoms with Crippen molar-refractivity contribution < 1.29 is 0 Å². The van der Waals surface area contributed by atoms with Gasteiger partial charge in [-0.1, -0.05) is 26.7 Å². The maximum atomic E-state index is 3.42. The Kier molecular flexibility index (Phi) is 3.20. The molecule has 0 saturated carbocycles. The molecule has 1 heteroatoms. The molecule has 1 saturated heterocycles. The average molecular weight is 141 g/mol. The molecule has 1 fully saturated rings. The number of hydrogen-bond acceptors (Lipinski definition) is 1. The standard InChI is InChI=1S/C9H19N/c1-3-8(4-2)9-5-6-10-7-9/h8-10H,3-7H2,1-2H3. The zero-order chi connectivity index (χ0) is 7.40. The molecule has 1 heterocycles. The molecule has 1 aliphatic rings. The first-order valence-corrected chi connectivity index (χ1v) is 4.59. The summed E-state index contributed by atoms with van der Waals surface area (Å²) in [5.41, 5.74) is 0. The van der Waals surface area contributed by atoms with Crippen LogP contribution in [0.4, 0.5) is 0 Å². The minimum atomic E-state index is 0.981. The summed E-state index contributed by atoms with van der Waals surface area (Å²) in [4.78, 5) is 0. The van der Waals surface area contributed by atoms with E-state index in [0.29, 0.717) is 0 Å². The molecule has 1 N–H and O–H groups in total. The highest BCUT2D eigenvalue weighted by atomic mass is 14.9. The van der Waals surface area contributed by atoms with E-state index in [4.69, 9.17) is 0 Å². The van der Waals surface area contributed by atoms with Gasteiger partial charge in [0.2, 0.25) is 0 Å². The zero-order valence-corrected chi connectivity index (χ0v) is 7.19. The van der Waals surface area contributed by atoms with E-state index in [9.17, 15) is 0 Å². The molecule has 60 valence electrons. The zero-order valence-electron chi connectivity index (χ0n) is 7.19. The lowest BCUT2D eigenvalue weighted by Crippen LogP contribution is -2.16. The van der Waals surface area contributed by atoms with Crippen LogP contribution >= 0.6 is 0 Å². The van der Waals surface area contributed by atoms with Crippen molar-refractivity contribution in [3.8, 4) is 0 Å². The van der Waals surface area contributed by atoms with Crippen LogP contribution in [0.25, 0.3) is 0 Å². The SMILES string of the molecule is CCC(CC)C1CCNC1. The second-order valence-corrected chi connectivity index (χ2v) is 3.33. The van der Waals surface area contributed by atoms with E-state index < -0.39 is 0 Å². The van der Waals surface area contributed by atoms with E-state index in [-0.39, 0.29) is 0 Å². The molecule has 1 atom stereocenters. The van der Waals surface area contributed by atoms with Gasteiger partial charge in [0.05, 0.1) is 0 Å². The largest absolute Gasteiger partial charge is 0.316 e. The summed E-state index contributed by atoms with van der Waals surface area (Å²) in [5, 5.41) is 3.42. The molecule has 0 bridgehead atoms. The summed E-state index contributed by atoms with van der Waals surface area (Å²) in [6, 6.07) is 0. The van der Waals surface area contributed by atoms with E-state index in [1.165, 1.54) is 32.4 Å². The number of hydrogen-bond donors (Lipinski definition) is 1. The quantitative estimate of drug-likeness (QED) is 0.634. The lowest BCUT2D eigenvalue weighted by Gasteiger charge is -2.18. The van der Waals surface area contributed by atoms with Crippen molar-refractivity contribution in [1.82, 2.24) is 5.32 Å². The molecular weight excluding hydrogens is 122 g/mol. The van der Waals surface area contributed by atoms with Crippen LogP contribution in [0.5, 0.6) is 0 Å². The molecule has 0 aromatic rings. The Morgan fingerprint density at radius 1 is 1.40 bits per heavy atom. The first-order valence-electron chi connectivity index (χ1n) is 4.59. The summed E-state index contributed by atoms with van der Waals surface area (Å²) >= 11 is 0. The molecule has 0 radical (unpaired) electrons. The Morgan fingerprint density at radius 2 is 2.10 bits per heavy atom. The Morgan fingerprint density at radius 3 is 2.50 bits per heavy atom. The Hall–Kier alpha value is -0.0400. The second-order valence-electron chi connectivity index (χ2n) is 3.33. The van der Waals surface area contributed by atoms with Gasteiger partial charge in [-0.25, -0.2) is 0 Å². The van der Waals surface area contributed by atoms with E-state index >= 15 is 0 Å². The minimum absolute atomic E-state index is 0.981. The molecule has 1 rings (SSSR count). The van der Waals surface area contributed by atoms with Gasteiger partial charge in [0.1, 0.15) is 0 Å². The summed E-state index contributed by atoms with van der Waals surface area (Å²) in [7, 11) is 0. The van der Waals surface area contributed by atoms with Crippen molar-refractivity contribution >= 4 is 0 Å². The molecule has 0 aliphatic carbocycles. The molecule has 10 heavy (non-hydrogen) atoms. The lowest BCUT2D eigenvalue weighted by molar-refractivity contribution is 0.336. The van der Waals surface area contributed by atoms with Crippen molar-refractivity contribution in [2.24, 2.45) is 11.8 Å². The smallest absolute Gasteiger partial charge is 0.00174 e. The van der Waals surface area contributed by atoms with Crippen LogP contribution in [0.2, 0.25) is 0 Å². The lowest BCUT2D eigenvalue weighted by atomic mass is 9.87. The predicted molar refractivity (Wildman–Crippen MR) is 45.0 cm³/mol. The van der Waals surface area contributed by atoms with Crippen LogP contribution in [-0.4, -0.2) is 13.1 Å². The van der Waals surface area contributed by atoms with Crippen molar-refractivity contribution in [3.63, 3.8) is 0 Å². The van der Waals surface area contributed by atoms with Gasteiger partial charge in [-0.05, 0) is 31.3 Å². The van der Waals surface area contributed by atoms with Crippen molar-refractivity contribution in [2.75, 3.05) is 13.1 Å². The third kappa shape index (κ3) is 1.72. The van der Waals surface area contributed by atoms with Crippen LogP contribution in [0.15, 0.2) is 0 Å². The maximum absolute atomic E-state index is 3.42. The van der Waals surface area contributed by atoms with Gasteiger partial charge >= 0.3 is 0 Å². The van der Waals surface area contributed by atoms with Gasteiger partial charge < -0.3 is 5.32 Å². The van der Waals surface area contributed by atoms with Gasteiger partial charge in [-0.2, -0.15) is 0 Å². The number of nitrogens with one attached hydrogen (secondary N) is 1. The maximum Gasteiger partial charge on any atom is -0.00174 e. The van der Waals surface area contributed by atoms with Gasteiger partial charge in [0.15, 0.2) is 0 Å². The molecule has 1 aliphatic heterocycles. The summed E-state index contributed by atoms with van der Waals surface area (Å²) < 4.78 is 0. The number of rotatable bonds is 3. The van der Waals surface area contributed by atoms with Gasteiger partial charge in [0, 0.05) is 0 Å². The van der Waals surface area contributed by atoms with Crippen molar-refractivity contribution in [3.05, 3.63) is 0 Å². The van der Waals surface area contributed by atoms with E-state index in [2.05, 4.69) is 19.2 Å². The Labute approximate surface area is 64.2 Å². The van der Waals surface area contributed by atoms with Gasteiger partial charge in [-0.15, -0.1) is 0 Å². The highest BCUT2D eigenvalue weighted by molar-refractivity contribution is 4.76. The van der Waals surface area contributed by atoms with Gasteiger partial charge in [0.25, 0.3) is 0 Å². The average Bonchev–Trinajstić information content (AvgIpc) is 2.43. The first kappa shape index (κ1) is 8.06. The summed E-state index contributed by atoms with van der Waals surface area (Å²) in [5.74, 6) is 1.96. The Balaban J connectivity index is 2.29. The highest BCUT2D eigenvalue weighted by Crippen LogP contribution is 2.24. The topological polar surface area (TPSA) is 12.0 Å². The molecule has 0 aromatic carbocycles. The van der Waals surface area contributed by atoms with Crippen LogP contribution in [0, 0.1) is 11.8 Å². The summed E-state index contributed by atoms with van der Waals surface area (Å²) in [6.45, 7) is 7.15. The van der Waals surface area contributed by atoms with E-state index in [1.807, 2.05) is 0 Å². The highest BCUT2D eigenvalue weighted by Gasteiger charge is 2.21. The van der Waals surface area contributed by atoms with Crippen LogP contribution in [0.3, 0.4) is 0 Å². The first-order chi connectivity index (χ1) is 4.88. The Bertz CT molecular complexity index is 80.7. The van der Waals surface area contributed by atoms with Crippen LogP contribution in [0.1, 0.15) is 33.1 Å². The summed E-state index contributed by atoms with van der Waals surface area (Å²) in [6.07, 6.45) is 4.14. The fourth-order valence-electron chi connectivity index (χ4n) is 2.03. The van der Waals surface area contributed by atoms with Gasteiger partial charge in [-0.3, -0.25) is 0 Å². The van der Waals surface area contributed by atoms with Crippen LogP contribution < -0.4 is 5.32 Å². The third-order valence-corrected chi connectivity index (χ3v) is 2.81. The van der Waals surface area contributed by atoms with E-state index in [1.54, 1.807) is 0 Å². The molecule has 1 unspecified atom stereocenters. The molecule has 1 nitrogen and oxygen atoms in total. The molecular formula is C9H19N. The van der Waals surface area contributed by atoms with E-state index in [0.717, 1.165) is 11.8 Å². The second kappa shape index (κ2) is 3.97. The van der Waals surface area contributed by atoms with Crippen LogP contribution in [-0.2, 0) is 0 Å². The monoisotopic (exact) mass is 141 g/mol. The fraction of sp³-hybridized carbons (Fsp3) is 1.00. The molecule has 0 amide bonds. The molecule has 0 spiro atoms. The van der Waals surface area contributed by atoms with Crippen molar-refractivity contribution in [1.29, 1.82) is 0 Å².